The second kappa shape index (κ2) is 11.1. The number of carbonyl (C=O) groups is 1. The number of fused-ring (bicyclic) bond motifs is 1. The van der Waals surface area contributed by atoms with Crippen molar-refractivity contribution in [3.63, 3.8) is 0 Å². The van der Waals surface area contributed by atoms with Gasteiger partial charge in [0.05, 0.1) is 12.5 Å². The molecule has 0 fully saturated rings. The van der Waals surface area contributed by atoms with E-state index >= 15 is 0 Å². The smallest absolute Gasteiger partial charge is 0.349 e. The minimum absolute atomic E-state index is 0.000187. The van der Waals surface area contributed by atoms with Gasteiger partial charge in [-0.15, -0.1) is 0 Å². The zero-order chi connectivity index (χ0) is 25.7. The molecule has 0 bridgehead atoms. The molecular formula is C28H25ClN2O5. The van der Waals surface area contributed by atoms with Crippen LogP contribution in [0.4, 0.5) is 0 Å². The number of halogens is 1. The highest BCUT2D eigenvalue weighted by molar-refractivity contribution is 6.31. The van der Waals surface area contributed by atoms with Crippen molar-refractivity contribution in [2.24, 2.45) is 5.73 Å². The lowest BCUT2D eigenvalue weighted by molar-refractivity contribution is -0.136. The van der Waals surface area contributed by atoms with Crippen molar-refractivity contribution in [1.82, 2.24) is 0 Å². The molecule has 4 rings (SSSR count). The Morgan fingerprint density at radius 3 is 2.61 bits per heavy atom. The van der Waals surface area contributed by atoms with Gasteiger partial charge >= 0.3 is 5.97 Å². The highest BCUT2D eigenvalue weighted by Crippen LogP contribution is 2.44. The van der Waals surface area contributed by atoms with Gasteiger partial charge < -0.3 is 24.7 Å². The monoisotopic (exact) mass is 504 g/mol. The maximum absolute atomic E-state index is 12.4. The van der Waals surface area contributed by atoms with Gasteiger partial charge in [-0.3, -0.25) is 0 Å². The summed E-state index contributed by atoms with van der Waals surface area (Å²) in [5.74, 6) is 0.844. The molecule has 0 aromatic heterocycles. The van der Waals surface area contributed by atoms with Crippen LogP contribution in [0.1, 0.15) is 36.0 Å². The van der Waals surface area contributed by atoms with Gasteiger partial charge in [-0.1, -0.05) is 36.7 Å². The van der Waals surface area contributed by atoms with Gasteiger partial charge in [0.25, 0.3) is 0 Å². The Morgan fingerprint density at radius 2 is 1.86 bits per heavy atom. The van der Waals surface area contributed by atoms with Gasteiger partial charge in [0, 0.05) is 16.7 Å². The fraction of sp³-hybridized carbons (Fsp3) is 0.214. The molecule has 36 heavy (non-hydrogen) atoms. The first-order valence-corrected chi connectivity index (χ1v) is 11.8. The number of hydrogen-bond donors (Lipinski definition) is 1. The molecule has 184 valence electrons. The van der Waals surface area contributed by atoms with Crippen LogP contribution < -0.4 is 24.7 Å². The van der Waals surface area contributed by atoms with E-state index in [-0.39, 0.29) is 18.2 Å². The van der Waals surface area contributed by atoms with Crippen LogP contribution in [0, 0.1) is 18.3 Å². The average molecular weight is 505 g/mol. The molecule has 1 aliphatic heterocycles. The summed E-state index contributed by atoms with van der Waals surface area (Å²) in [5, 5.41) is 10.4. The molecule has 0 saturated heterocycles. The van der Waals surface area contributed by atoms with Gasteiger partial charge in [0.1, 0.15) is 34.6 Å². The Morgan fingerprint density at radius 1 is 1.08 bits per heavy atom. The summed E-state index contributed by atoms with van der Waals surface area (Å²) in [4.78, 5) is 12.4. The summed E-state index contributed by atoms with van der Waals surface area (Å²) >= 11 is 6.02. The number of ether oxygens (including phenoxy) is 4. The number of esters is 1. The van der Waals surface area contributed by atoms with E-state index in [0.717, 1.165) is 23.1 Å². The van der Waals surface area contributed by atoms with Crippen molar-refractivity contribution in [3.8, 4) is 29.1 Å². The predicted molar refractivity (Wildman–Crippen MR) is 135 cm³/mol. The third-order valence-corrected chi connectivity index (χ3v) is 6.00. The maximum Gasteiger partial charge on any atom is 0.349 e. The van der Waals surface area contributed by atoms with E-state index in [2.05, 4.69) is 6.07 Å². The first-order valence-electron chi connectivity index (χ1n) is 11.4. The van der Waals surface area contributed by atoms with Gasteiger partial charge in [0.2, 0.25) is 5.88 Å². The number of aryl methyl sites for hydroxylation is 1. The third-order valence-electron chi connectivity index (χ3n) is 5.57. The summed E-state index contributed by atoms with van der Waals surface area (Å²) in [6.45, 7) is 4.19. The van der Waals surface area contributed by atoms with E-state index in [1.165, 1.54) is 0 Å². The predicted octanol–water partition coefficient (Wildman–Crippen LogP) is 5.64. The molecule has 3 aromatic rings. The molecule has 0 aliphatic carbocycles. The van der Waals surface area contributed by atoms with Gasteiger partial charge in [-0.25, -0.2) is 4.79 Å². The number of hydrogen-bond acceptors (Lipinski definition) is 7. The lowest BCUT2D eigenvalue weighted by atomic mass is 9.83. The van der Waals surface area contributed by atoms with Crippen LogP contribution >= 0.6 is 11.6 Å². The van der Waals surface area contributed by atoms with Gasteiger partial charge in [0.15, 0.2) is 6.61 Å². The zero-order valence-corrected chi connectivity index (χ0v) is 20.7. The molecule has 0 saturated carbocycles. The third kappa shape index (κ3) is 5.56. The number of benzene rings is 3. The molecule has 1 heterocycles. The number of rotatable bonds is 8. The quantitative estimate of drug-likeness (QED) is 0.312. The van der Waals surface area contributed by atoms with Crippen molar-refractivity contribution in [1.29, 1.82) is 5.26 Å². The van der Waals surface area contributed by atoms with Crippen LogP contribution in [0.3, 0.4) is 0 Å². The fourth-order valence-electron chi connectivity index (χ4n) is 3.86. The molecule has 1 unspecified atom stereocenters. The molecular weight excluding hydrogens is 480 g/mol. The van der Waals surface area contributed by atoms with Crippen molar-refractivity contribution in [2.45, 2.75) is 26.2 Å². The summed E-state index contributed by atoms with van der Waals surface area (Å²) < 4.78 is 22.4. The SMILES string of the molecule is CCCOc1cccc(C2C(C#N)=C(N)Oc3cc(OC(=O)COc4ccc(Cl)c(C)c4)ccc32)c1. The molecule has 8 heteroatoms. The zero-order valence-electron chi connectivity index (χ0n) is 19.9. The first-order chi connectivity index (χ1) is 17.4. The van der Waals surface area contributed by atoms with Crippen LogP contribution in [-0.2, 0) is 4.79 Å². The van der Waals surface area contributed by atoms with Gasteiger partial charge in [-0.05, 0) is 60.9 Å². The normalized spacial score (nSPS) is 14.3. The molecule has 0 radical (unpaired) electrons. The van der Waals surface area contributed by atoms with Crippen LogP contribution in [0.25, 0.3) is 0 Å². The lowest BCUT2D eigenvalue weighted by Gasteiger charge is -2.27. The van der Waals surface area contributed by atoms with E-state index in [1.54, 1.807) is 36.4 Å². The van der Waals surface area contributed by atoms with Crippen LogP contribution in [0.2, 0.25) is 5.02 Å². The molecule has 2 N–H and O–H groups in total. The van der Waals surface area contributed by atoms with Crippen LogP contribution in [0.5, 0.6) is 23.0 Å². The maximum atomic E-state index is 12.4. The Hall–Kier alpha value is -4.15. The Kier molecular flexibility index (Phi) is 7.67. The highest BCUT2D eigenvalue weighted by Gasteiger charge is 2.31. The number of allylic oxidation sites excluding steroid dienone is 1. The Balaban J connectivity index is 1.53. The van der Waals surface area contributed by atoms with Crippen molar-refractivity contribution >= 4 is 17.6 Å². The van der Waals surface area contributed by atoms with E-state index in [9.17, 15) is 10.1 Å². The van der Waals surface area contributed by atoms with E-state index in [4.69, 9.17) is 36.3 Å². The molecule has 7 nitrogen and oxygen atoms in total. The molecule has 3 aromatic carbocycles. The fourth-order valence-corrected chi connectivity index (χ4v) is 3.97. The number of nitriles is 1. The highest BCUT2D eigenvalue weighted by atomic mass is 35.5. The number of nitrogens with zero attached hydrogens (tertiary/aromatic N) is 1. The van der Waals surface area contributed by atoms with Crippen LogP contribution in [-0.4, -0.2) is 19.2 Å². The van der Waals surface area contributed by atoms with E-state index in [1.807, 2.05) is 38.1 Å². The van der Waals surface area contributed by atoms with Crippen LogP contribution in [0.15, 0.2) is 72.1 Å². The summed E-state index contributed by atoms with van der Waals surface area (Å²) in [7, 11) is 0. The minimum Gasteiger partial charge on any atom is -0.494 e. The van der Waals surface area contributed by atoms with E-state index in [0.29, 0.717) is 34.5 Å². The average Bonchev–Trinajstić information content (AvgIpc) is 2.87. The Bertz CT molecular complexity index is 1360. The molecule has 0 spiro atoms. The molecule has 1 aliphatic rings. The molecule has 0 amide bonds. The second-order valence-electron chi connectivity index (χ2n) is 8.22. The van der Waals surface area contributed by atoms with Crippen molar-refractivity contribution < 1.29 is 23.7 Å². The first kappa shape index (κ1) is 25.0. The largest absolute Gasteiger partial charge is 0.494 e. The van der Waals surface area contributed by atoms with E-state index < -0.39 is 11.9 Å². The van der Waals surface area contributed by atoms with Gasteiger partial charge in [-0.2, -0.15) is 5.26 Å². The summed E-state index contributed by atoms with van der Waals surface area (Å²) in [6, 6.07) is 19.8. The number of nitrogens with two attached hydrogens (primary N) is 1. The lowest BCUT2D eigenvalue weighted by Crippen LogP contribution is -2.21. The summed E-state index contributed by atoms with van der Waals surface area (Å²) in [6.07, 6.45) is 0.881. The number of carbonyl (C=O) groups excluding carboxylic acids is 1. The minimum atomic E-state index is -0.586. The summed E-state index contributed by atoms with van der Waals surface area (Å²) in [5.41, 5.74) is 8.80. The molecule has 1 atom stereocenters. The Labute approximate surface area is 214 Å². The van der Waals surface area contributed by atoms with Crippen molar-refractivity contribution in [3.05, 3.63) is 93.8 Å². The topological polar surface area (TPSA) is 104 Å². The standard InChI is InChI=1S/C28H25ClN2O5/c1-3-11-33-19-6-4-5-18(13-19)27-22-9-7-21(14-25(22)36-28(31)23(27)15-30)35-26(32)16-34-20-8-10-24(29)17(2)12-20/h4-10,12-14,27H,3,11,16,31H2,1-2H3. The second-order valence-corrected chi connectivity index (χ2v) is 8.63. The van der Waals surface area contributed by atoms with Crippen molar-refractivity contribution in [2.75, 3.05) is 13.2 Å².